The molecule has 0 N–H and O–H groups in total. The van der Waals surface area contributed by atoms with Crippen molar-refractivity contribution in [2.45, 2.75) is 38.3 Å². The molecule has 3 atom stereocenters. The molecule has 6 nitrogen and oxygen atoms in total. The Morgan fingerprint density at radius 2 is 2.30 bits per heavy atom. The van der Waals surface area contributed by atoms with Crippen LogP contribution in [0.15, 0.2) is 10.5 Å². The molecule has 0 radical (unpaired) electrons. The van der Waals surface area contributed by atoms with Crippen LogP contribution in [0, 0.1) is 24.2 Å². The highest BCUT2D eigenvalue weighted by molar-refractivity contribution is 5.95. The summed E-state index contributed by atoms with van der Waals surface area (Å²) in [6.07, 6.45) is 3.37. The molecule has 23 heavy (non-hydrogen) atoms. The van der Waals surface area contributed by atoms with Crippen LogP contribution in [0.3, 0.4) is 0 Å². The second-order valence-corrected chi connectivity index (χ2v) is 6.20. The molecule has 1 aromatic heterocycles. The van der Waals surface area contributed by atoms with Crippen molar-refractivity contribution in [3.05, 3.63) is 23.2 Å². The summed E-state index contributed by atoms with van der Waals surface area (Å²) in [7, 11) is 1.73. The van der Waals surface area contributed by atoms with Gasteiger partial charge in [0.15, 0.2) is 0 Å². The molecular formula is C17H22N2O4. The van der Waals surface area contributed by atoms with Crippen LogP contribution in [0.2, 0.25) is 0 Å². The lowest BCUT2D eigenvalue weighted by Crippen LogP contribution is -2.53. The predicted molar refractivity (Wildman–Crippen MR) is 81.9 cm³/mol. The average molecular weight is 318 g/mol. The van der Waals surface area contributed by atoms with E-state index in [1.807, 2.05) is 11.0 Å². The van der Waals surface area contributed by atoms with Gasteiger partial charge in [0, 0.05) is 25.6 Å². The molecule has 3 rings (SSSR count). The summed E-state index contributed by atoms with van der Waals surface area (Å²) in [5.74, 6) is 0.882. The number of methoxy groups -OCH3 is 1. The molecule has 1 aliphatic carbocycles. The SMILES string of the molecule is COC1CCCC1C1COCCN1C(=O)c1cc(C#N)oc1C. The van der Waals surface area contributed by atoms with E-state index < -0.39 is 0 Å². The van der Waals surface area contributed by atoms with E-state index in [0.29, 0.717) is 37.0 Å². The summed E-state index contributed by atoms with van der Waals surface area (Å²) in [5.41, 5.74) is 0.473. The molecule has 0 aromatic carbocycles. The Morgan fingerprint density at radius 3 is 3.00 bits per heavy atom. The Labute approximate surface area is 135 Å². The molecule has 1 saturated heterocycles. The number of carbonyl (C=O) groups is 1. The van der Waals surface area contributed by atoms with Crippen LogP contribution in [0.4, 0.5) is 0 Å². The van der Waals surface area contributed by atoms with Crippen LogP contribution in [0.1, 0.15) is 41.1 Å². The van der Waals surface area contributed by atoms with E-state index in [0.717, 1.165) is 19.3 Å². The third kappa shape index (κ3) is 2.99. The number of aryl methyl sites for hydroxylation is 1. The Hall–Kier alpha value is -1.84. The van der Waals surface area contributed by atoms with Gasteiger partial charge in [-0.2, -0.15) is 5.26 Å². The maximum Gasteiger partial charge on any atom is 0.257 e. The van der Waals surface area contributed by atoms with Gasteiger partial charge in [0.25, 0.3) is 5.91 Å². The second-order valence-electron chi connectivity index (χ2n) is 6.20. The number of carbonyl (C=O) groups excluding carboxylic acids is 1. The Balaban J connectivity index is 1.84. The first kappa shape index (κ1) is 16.0. The van der Waals surface area contributed by atoms with Crippen LogP contribution in [-0.4, -0.2) is 49.8 Å². The Kier molecular flexibility index (Phi) is 4.69. The molecule has 2 heterocycles. The number of rotatable bonds is 3. The minimum atomic E-state index is -0.0807. The van der Waals surface area contributed by atoms with Gasteiger partial charge >= 0.3 is 0 Å². The highest BCUT2D eigenvalue weighted by atomic mass is 16.5. The van der Waals surface area contributed by atoms with Crippen LogP contribution in [0.5, 0.6) is 0 Å². The van der Waals surface area contributed by atoms with Crippen molar-refractivity contribution < 1.29 is 18.7 Å². The first-order valence-electron chi connectivity index (χ1n) is 8.07. The molecular weight excluding hydrogens is 296 g/mol. The highest BCUT2D eigenvalue weighted by Crippen LogP contribution is 2.34. The normalized spacial score (nSPS) is 27.9. The maximum atomic E-state index is 13.0. The largest absolute Gasteiger partial charge is 0.450 e. The molecule has 1 saturated carbocycles. The van der Waals surface area contributed by atoms with Crippen molar-refractivity contribution >= 4 is 5.91 Å². The number of ether oxygens (including phenoxy) is 2. The number of hydrogen-bond acceptors (Lipinski definition) is 5. The van der Waals surface area contributed by atoms with Gasteiger partial charge in [0.05, 0.1) is 30.9 Å². The zero-order chi connectivity index (χ0) is 16.4. The molecule has 0 spiro atoms. The smallest absolute Gasteiger partial charge is 0.257 e. The average Bonchev–Trinajstić information content (AvgIpc) is 3.20. The first-order chi connectivity index (χ1) is 11.2. The molecule has 3 unspecified atom stereocenters. The van der Waals surface area contributed by atoms with Gasteiger partial charge < -0.3 is 18.8 Å². The van der Waals surface area contributed by atoms with Crippen molar-refractivity contribution in [1.82, 2.24) is 4.90 Å². The molecule has 0 bridgehead atoms. The fraction of sp³-hybridized carbons (Fsp3) is 0.647. The second kappa shape index (κ2) is 6.73. The van der Waals surface area contributed by atoms with E-state index in [1.54, 1.807) is 14.0 Å². The highest BCUT2D eigenvalue weighted by Gasteiger charge is 2.41. The molecule has 6 heteroatoms. The molecule has 1 amide bonds. The third-order valence-corrected chi connectivity index (χ3v) is 4.99. The van der Waals surface area contributed by atoms with E-state index in [9.17, 15) is 4.79 Å². The van der Waals surface area contributed by atoms with Gasteiger partial charge in [-0.15, -0.1) is 0 Å². The lowest BCUT2D eigenvalue weighted by atomic mass is 9.93. The monoisotopic (exact) mass is 318 g/mol. The van der Waals surface area contributed by atoms with Gasteiger partial charge in [-0.05, 0) is 19.8 Å². The summed E-state index contributed by atoms with van der Waals surface area (Å²) in [5, 5.41) is 8.95. The Bertz CT molecular complexity index is 619. The van der Waals surface area contributed by atoms with Crippen LogP contribution >= 0.6 is 0 Å². The van der Waals surface area contributed by atoms with Crippen LogP contribution in [0.25, 0.3) is 0 Å². The number of hydrogen-bond donors (Lipinski definition) is 0. The number of nitriles is 1. The number of furan rings is 1. The van der Waals surface area contributed by atoms with Crippen molar-refractivity contribution in [3.63, 3.8) is 0 Å². The van der Waals surface area contributed by atoms with Gasteiger partial charge in [-0.3, -0.25) is 4.79 Å². The standard InChI is InChI=1S/C17H22N2O4/c1-11-14(8-12(9-18)23-11)17(20)19-6-7-22-10-15(19)13-4-3-5-16(13)21-2/h8,13,15-16H,3-7,10H2,1-2H3. The zero-order valence-corrected chi connectivity index (χ0v) is 13.6. The molecule has 1 aliphatic heterocycles. The van der Waals surface area contributed by atoms with Crippen molar-refractivity contribution in [2.75, 3.05) is 26.9 Å². The fourth-order valence-corrected chi connectivity index (χ4v) is 3.82. The van der Waals surface area contributed by atoms with Gasteiger partial charge in [-0.1, -0.05) is 6.42 Å². The van der Waals surface area contributed by atoms with E-state index >= 15 is 0 Å². The van der Waals surface area contributed by atoms with Crippen molar-refractivity contribution in [1.29, 1.82) is 5.26 Å². The molecule has 124 valence electrons. The number of amides is 1. The first-order valence-corrected chi connectivity index (χ1v) is 8.07. The topological polar surface area (TPSA) is 75.7 Å². The quantitative estimate of drug-likeness (QED) is 0.853. The maximum absolute atomic E-state index is 13.0. The molecule has 2 fully saturated rings. The Morgan fingerprint density at radius 1 is 1.48 bits per heavy atom. The summed E-state index contributed by atoms with van der Waals surface area (Å²) >= 11 is 0. The predicted octanol–water partition coefficient (Wildman–Crippen LogP) is 2.12. The van der Waals surface area contributed by atoms with E-state index in [1.165, 1.54) is 6.07 Å². The fourth-order valence-electron chi connectivity index (χ4n) is 3.82. The van der Waals surface area contributed by atoms with Crippen LogP contribution < -0.4 is 0 Å². The van der Waals surface area contributed by atoms with E-state index in [-0.39, 0.29) is 23.8 Å². The lowest BCUT2D eigenvalue weighted by molar-refractivity contribution is -0.0460. The third-order valence-electron chi connectivity index (χ3n) is 4.99. The molecule has 1 aromatic rings. The van der Waals surface area contributed by atoms with Crippen molar-refractivity contribution in [2.24, 2.45) is 5.92 Å². The van der Waals surface area contributed by atoms with Gasteiger partial charge in [0.2, 0.25) is 5.76 Å². The number of nitrogens with zero attached hydrogens (tertiary/aromatic N) is 2. The summed E-state index contributed by atoms with van der Waals surface area (Å²) in [6.45, 7) is 3.35. The van der Waals surface area contributed by atoms with Gasteiger partial charge in [-0.25, -0.2) is 0 Å². The zero-order valence-electron chi connectivity index (χ0n) is 13.6. The van der Waals surface area contributed by atoms with Crippen LogP contribution in [-0.2, 0) is 9.47 Å². The lowest BCUT2D eigenvalue weighted by Gasteiger charge is -2.40. The summed E-state index contributed by atoms with van der Waals surface area (Å²) < 4.78 is 16.6. The summed E-state index contributed by atoms with van der Waals surface area (Å²) in [6, 6.07) is 3.50. The van der Waals surface area contributed by atoms with E-state index in [2.05, 4.69) is 0 Å². The molecule has 2 aliphatic rings. The number of morpholine rings is 1. The minimum Gasteiger partial charge on any atom is -0.450 e. The summed E-state index contributed by atoms with van der Waals surface area (Å²) in [4.78, 5) is 14.9. The van der Waals surface area contributed by atoms with Gasteiger partial charge in [0.1, 0.15) is 11.8 Å². The van der Waals surface area contributed by atoms with E-state index in [4.69, 9.17) is 19.2 Å². The van der Waals surface area contributed by atoms with Crippen molar-refractivity contribution in [3.8, 4) is 6.07 Å². The minimum absolute atomic E-state index is 0.0172.